The summed E-state index contributed by atoms with van der Waals surface area (Å²) in [5, 5.41) is 13.8. The van der Waals surface area contributed by atoms with Crippen molar-refractivity contribution in [1.82, 2.24) is 24.8 Å². The third-order valence-electron chi connectivity index (χ3n) is 8.68. The van der Waals surface area contributed by atoms with E-state index in [4.69, 9.17) is 19.2 Å². The number of carbonyl (C=O) groups is 2. The van der Waals surface area contributed by atoms with Gasteiger partial charge >= 0.3 is 6.09 Å². The van der Waals surface area contributed by atoms with Crippen molar-refractivity contribution >= 4 is 31.1 Å². The number of aromatic nitrogens is 3. The van der Waals surface area contributed by atoms with Crippen molar-refractivity contribution in [2.75, 3.05) is 26.3 Å². The van der Waals surface area contributed by atoms with Crippen LogP contribution in [0.15, 0.2) is 24.5 Å². The molecule has 3 heterocycles. The van der Waals surface area contributed by atoms with Crippen LogP contribution in [0.25, 0.3) is 22.3 Å². The van der Waals surface area contributed by atoms with Gasteiger partial charge in [0.05, 0.1) is 36.4 Å². The lowest BCUT2D eigenvalue weighted by atomic mass is 10.0. The first-order chi connectivity index (χ1) is 22.1. The number of fused-ring (bicyclic) bond motifs is 1. The maximum absolute atomic E-state index is 14.1. The summed E-state index contributed by atoms with van der Waals surface area (Å²) in [6.45, 7) is 18.0. The number of ether oxygens (including phenoxy) is 3. The molecule has 0 bridgehead atoms. The molecule has 0 unspecified atom stereocenters. The van der Waals surface area contributed by atoms with Crippen LogP contribution in [-0.4, -0.2) is 88.7 Å². The van der Waals surface area contributed by atoms with Crippen LogP contribution in [-0.2, 0) is 22.6 Å². The lowest BCUT2D eigenvalue weighted by molar-refractivity contribution is 0.0269. The molecule has 1 aliphatic carbocycles. The molecule has 47 heavy (non-hydrogen) atoms. The van der Waals surface area contributed by atoms with Gasteiger partial charge in [-0.25, -0.2) is 14.8 Å². The number of benzene rings is 1. The van der Waals surface area contributed by atoms with Crippen LogP contribution in [0.3, 0.4) is 0 Å². The van der Waals surface area contributed by atoms with Crippen LogP contribution in [0.2, 0.25) is 25.7 Å². The molecule has 1 aromatic carbocycles. The van der Waals surface area contributed by atoms with E-state index in [1.54, 1.807) is 20.8 Å². The number of amides is 2. The monoisotopic (exact) mass is 665 g/mol. The van der Waals surface area contributed by atoms with Gasteiger partial charge in [-0.3, -0.25) is 4.79 Å². The van der Waals surface area contributed by atoms with Gasteiger partial charge in [-0.15, -0.1) is 0 Å². The maximum atomic E-state index is 14.1. The summed E-state index contributed by atoms with van der Waals surface area (Å²) >= 11 is 0. The van der Waals surface area contributed by atoms with Crippen LogP contribution in [0.1, 0.15) is 62.2 Å². The second-order valence-corrected chi connectivity index (χ2v) is 20.7. The summed E-state index contributed by atoms with van der Waals surface area (Å²) in [5.74, 6) is 0.944. The fraction of sp³-hybridized carbons (Fsp3) is 0.600. The molecular weight excluding hydrogens is 615 g/mol. The minimum atomic E-state index is -1.33. The summed E-state index contributed by atoms with van der Waals surface area (Å²) in [4.78, 5) is 37.6. The van der Waals surface area contributed by atoms with E-state index in [0.29, 0.717) is 47.1 Å². The number of β-amino-alcohol motifs (C(OH)–C–C–N with tert-alkyl or cyclic N) is 1. The van der Waals surface area contributed by atoms with Crippen molar-refractivity contribution in [2.24, 2.45) is 5.92 Å². The van der Waals surface area contributed by atoms with Crippen molar-refractivity contribution in [3.63, 3.8) is 0 Å². The van der Waals surface area contributed by atoms with Gasteiger partial charge in [-0.05, 0) is 76.6 Å². The van der Waals surface area contributed by atoms with Crippen molar-refractivity contribution in [3.8, 4) is 17.0 Å². The molecule has 2 fully saturated rings. The normalized spacial score (nSPS) is 18.5. The highest BCUT2D eigenvalue weighted by atomic mass is 28.3. The highest BCUT2D eigenvalue weighted by molar-refractivity contribution is 6.76. The molecule has 1 saturated heterocycles. The van der Waals surface area contributed by atoms with E-state index in [1.165, 1.54) is 24.1 Å². The van der Waals surface area contributed by atoms with Gasteiger partial charge in [0.15, 0.2) is 0 Å². The maximum Gasteiger partial charge on any atom is 0.410 e. The molecule has 2 aromatic heterocycles. The highest BCUT2D eigenvalue weighted by Crippen LogP contribution is 2.38. The van der Waals surface area contributed by atoms with Crippen LogP contribution in [0.5, 0.6) is 5.75 Å². The molecule has 2 amide bonds. The first-order valence-corrected chi connectivity index (χ1v) is 20.5. The Morgan fingerprint density at radius 1 is 1.13 bits per heavy atom. The van der Waals surface area contributed by atoms with E-state index in [0.717, 1.165) is 29.3 Å². The van der Waals surface area contributed by atoms with E-state index in [-0.39, 0.29) is 25.7 Å². The first kappa shape index (κ1) is 34.8. The lowest BCUT2D eigenvalue weighted by Gasteiger charge is -2.24. The second kappa shape index (κ2) is 13.9. The summed E-state index contributed by atoms with van der Waals surface area (Å²) in [5.41, 5.74) is 4.24. The Kier molecular flexibility index (Phi) is 10.3. The van der Waals surface area contributed by atoms with Crippen molar-refractivity contribution in [2.45, 2.75) is 104 Å². The molecule has 256 valence electrons. The minimum absolute atomic E-state index is 0.0647. The smallest absolute Gasteiger partial charge is 0.410 e. The van der Waals surface area contributed by atoms with Crippen LogP contribution < -0.4 is 10.1 Å². The molecule has 5 rings (SSSR count). The molecular formula is C35H51N5O6Si. The van der Waals surface area contributed by atoms with E-state index in [2.05, 4.69) is 49.0 Å². The van der Waals surface area contributed by atoms with Crippen molar-refractivity contribution < 1.29 is 28.9 Å². The average Bonchev–Trinajstić information content (AvgIpc) is 3.68. The fourth-order valence-corrected chi connectivity index (χ4v) is 6.46. The third-order valence-corrected chi connectivity index (χ3v) is 10.4. The zero-order valence-electron chi connectivity index (χ0n) is 29.2. The molecule has 11 nitrogen and oxygen atoms in total. The largest absolute Gasteiger partial charge is 0.493 e. The topological polar surface area (TPSA) is 128 Å². The van der Waals surface area contributed by atoms with Crippen molar-refractivity contribution in [3.05, 3.63) is 41.3 Å². The number of aliphatic hydroxyl groups excluding tert-OH is 1. The molecule has 2 aliphatic rings. The molecule has 3 aromatic rings. The fourth-order valence-electron chi connectivity index (χ4n) is 5.70. The number of hydrogen-bond donors (Lipinski definition) is 2. The molecule has 1 saturated carbocycles. The summed E-state index contributed by atoms with van der Waals surface area (Å²) in [7, 11) is -1.33. The molecule has 0 spiro atoms. The Morgan fingerprint density at radius 3 is 2.53 bits per heavy atom. The van der Waals surface area contributed by atoms with E-state index < -0.39 is 31.9 Å². The van der Waals surface area contributed by atoms with Gasteiger partial charge in [-0.1, -0.05) is 32.6 Å². The van der Waals surface area contributed by atoms with Gasteiger partial charge in [-0.2, -0.15) is 0 Å². The molecule has 0 radical (unpaired) electrons. The Labute approximate surface area is 279 Å². The predicted molar refractivity (Wildman–Crippen MR) is 184 cm³/mol. The Hall–Kier alpha value is -3.48. The Morgan fingerprint density at radius 2 is 1.87 bits per heavy atom. The highest BCUT2D eigenvalue weighted by Gasteiger charge is 2.38. The Balaban J connectivity index is 1.52. The van der Waals surface area contributed by atoms with Gasteiger partial charge < -0.3 is 34.1 Å². The minimum Gasteiger partial charge on any atom is -0.493 e. The number of rotatable bonds is 12. The number of aryl methyl sites for hydroxylation is 1. The number of carbonyl (C=O) groups excluding carboxylic acids is 2. The van der Waals surface area contributed by atoms with Crippen LogP contribution >= 0.6 is 0 Å². The summed E-state index contributed by atoms with van der Waals surface area (Å²) < 4.78 is 20.1. The Bertz CT molecular complexity index is 1610. The first-order valence-electron chi connectivity index (χ1n) is 16.8. The number of aliphatic hydroxyl groups is 1. The molecule has 2 atom stereocenters. The van der Waals surface area contributed by atoms with E-state index in [1.807, 2.05) is 17.6 Å². The number of likely N-dealkylation sites (tertiary alicyclic amines) is 1. The second-order valence-electron chi connectivity index (χ2n) is 15.1. The van der Waals surface area contributed by atoms with Crippen LogP contribution in [0.4, 0.5) is 4.79 Å². The number of nitrogens with zero attached hydrogens (tertiary/aromatic N) is 4. The SMILES string of the molecule is CCc1ccc(OCC2CC2)c(-c2ncnc3c(C(=O)N[C@@H]4CN(C(=O)OC(C)(C)C)C[C@H]4O)c(C)n(COCC[Si](C)(C)C)c23)c1. The third kappa shape index (κ3) is 8.52. The predicted octanol–water partition coefficient (Wildman–Crippen LogP) is 5.78. The van der Waals surface area contributed by atoms with E-state index in [9.17, 15) is 14.7 Å². The zero-order valence-corrected chi connectivity index (χ0v) is 30.2. The van der Waals surface area contributed by atoms with Gasteiger partial charge in [0.1, 0.15) is 35.6 Å². The van der Waals surface area contributed by atoms with Gasteiger partial charge in [0.2, 0.25) is 0 Å². The molecule has 2 N–H and O–H groups in total. The standard InChI is InChI=1S/C35H51N5O6Si/c1-9-23-12-13-28(45-19-24-10-11-24)25(16-23)30-32-31(37-20-36-30)29(22(2)40(32)21-44-14-15-47(6,7)8)33(42)38-26-17-39(18-27(26)41)34(43)46-35(3,4)5/h12-13,16,20,24,26-27,41H,9-11,14-15,17-19,21H2,1-8H3,(H,38,42)/t26-,27-/m1/s1. The van der Waals surface area contributed by atoms with Gasteiger partial charge in [0, 0.05) is 32.5 Å². The van der Waals surface area contributed by atoms with Gasteiger partial charge in [0.25, 0.3) is 5.91 Å². The number of hydrogen-bond acceptors (Lipinski definition) is 8. The average molecular weight is 666 g/mol. The van der Waals surface area contributed by atoms with Crippen LogP contribution in [0, 0.1) is 12.8 Å². The molecule has 1 aliphatic heterocycles. The summed E-state index contributed by atoms with van der Waals surface area (Å²) in [6, 6.07) is 6.54. The zero-order chi connectivity index (χ0) is 34.1. The quantitative estimate of drug-likeness (QED) is 0.184. The number of nitrogens with one attached hydrogen (secondary N) is 1. The lowest BCUT2D eigenvalue weighted by Crippen LogP contribution is -2.43. The molecule has 12 heteroatoms. The summed E-state index contributed by atoms with van der Waals surface area (Å²) in [6.07, 6.45) is 3.23. The van der Waals surface area contributed by atoms with Crippen molar-refractivity contribution in [1.29, 1.82) is 0 Å². The van der Waals surface area contributed by atoms with E-state index >= 15 is 0 Å².